The molecule has 110 valence electrons. The van der Waals surface area contributed by atoms with E-state index in [1.165, 1.54) is 0 Å². The summed E-state index contributed by atoms with van der Waals surface area (Å²) in [5, 5.41) is 0. The zero-order valence-electron chi connectivity index (χ0n) is 11.8. The number of nitrogens with one attached hydrogen (secondary N) is 1. The Labute approximate surface area is 119 Å². The van der Waals surface area contributed by atoms with Crippen LogP contribution in [-0.2, 0) is 11.3 Å². The topological polar surface area (TPSA) is 78.2 Å². The van der Waals surface area contributed by atoms with Gasteiger partial charge in [0.15, 0.2) is 0 Å². The van der Waals surface area contributed by atoms with Crippen molar-refractivity contribution in [2.75, 3.05) is 26.2 Å². The molecule has 1 aromatic heterocycles. The first kappa shape index (κ1) is 13.6. The number of rotatable bonds is 4. The highest BCUT2D eigenvalue weighted by Gasteiger charge is 2.38. The summed E-state index contributed by atoms with van der Waals surface area (Å²) < 4.78 is 0. The van der Waals surface area contributed by atoms with Gasteiger partial charge in [0.25, 0.3) is 0 Å². The molecule has 3 heterocycles. The fourth-order valence-corrected chi connectivity index (χ4v) is 3.61. The second kappa shape index (κ2) is 5.93. The third-order valence-corrected chi connectivity index (χ3v) is 4.55. The minimum atomic E-state index is 0.290. The number of aromatic amines is 1. The van der Waals surface area contributed by atoms with Crippen LogP contribution >= 0.6 is 0 Å². The van der Waals surface area contributed by atoms with Gasteiger partial charge in [0, 0.05) is 57.1 Å². The molecule has 0 bridgehead atoms. The number of nitrogens with two attached hydrogens (primary N) is 1. The van der Waals surface area contributed by atoms with Crippen LogP contribution in [0.15, 0.2) is 12.5 Å². The molecule has 3 N–H and O–H groups in total. The summed E-state index contributed by atoms with van der Waals surface area (Å²) in [4.78, 5) is 23.7. The molecule has 6 nitrogen and oxygen atoms in total. The highest BCUT2D eigenvalue weighted by Crippen LogP contribution is 2.31. The average Bonchev–Trinajstić information content (AvgIpc) is 2.95. The number of fused-ring (bicyclic) bond motifs is 1. The van der Waals surface area contributed by atoms with Crippen LogP contribution in [0.2, 0.25) is 0 Å². The molecule has 2 fully saturated rings. The first-order chi connectivity index (χ1) is 9.78. The third kappa shape index (κ3) is 2.71. The molecule has 0 aromatic carbocycles. The largest absolute Gasteiger partial charge is 0.347 e. The lowest BCUT2D eigenvalue weighted by atomic mass is 9.83. The summed E-state index contributed by atoms with van der Waals surface area (Å²) in [6.07, 6.45) is 6.37. The van der Waals surface area contributed by atoms with Crippen LogP contribution in [0, 0.1) is 5.92 Å². The maximum atomic E-state index is 12.0. The standard InChI is InChI=1S/C14H23N5O/c15-4-6-19-13-3-5-18(9-12-7-16-10-17-12)8-11(13)1-2-14(19)20/h7,10-11,13H,1-6,8-9,15H2,(H,16,17)/t11-,13+/m0/s1. The molecule has 0 saturated carbocycles. The van der Waals surface area contributed by atoms with Gasteiger partial charge in [-0.15, -0.1) is 0 Å². The number of carbonyl (C=O) groups excluding carboxylic acids is 1. The van der Waals surface area contributed by atoms with E-state index >= 15 is 0 Å². The van der Waals surface area contributed by atoms with Gasteiger partial charge < -0.3 is 15.6 Å². The number of likely N-dealkylation sites (tertiary alicyclic amines) is 2. The van der Waals surface area contributed by atoms with Crippen molar-refractivity contribution in [2.45, 2.75) is 31.8 Å². The zero-order chi connectivity index (χ0) is 13.9. The van der Waals surface area contributed by atoms with E-state index in [1.807, 2.05) is 11.1 Å². The number of piperidine rings is 2. The molecule has 6 heteroatoms. The van der Waals surface area contributed by atoms with E-state index < -0.39 is 0 Å². The van der Waals surface area contributed by atoms with Crippen LogP contribution in [0.1, 0.15) is 25.0 Å². The van der Waals surface area contributed by atoms with Gasteiger partial charge in [-0.3, -0.25) is 9.69 Å². The summed E-state index contributed by atoms with van der Waals surface area (Å²) in [5.41, 5.74) is 6.81. The van der Waals surface area contributed by atoms with Gasteiger partial charge >= 0.3 is 0 Å². The Hall–Kier alpha value is -1.40. The van der Waals surface area contributed by atoms with E-state index in [9.17, 15) is 4.79 Å². The van der Waals surface area contributed by atoms with Gasteiger partial charge in [0.1, 0.15) is 0 Å². The number of H-pyrrole nitrogens is 1. The fraction of sp³-hybridized carbons (Fsp3) is 0.714. The number of hydrogen-bond donors (Lipinski definition) is 2. The van der Waals surface area contributed by atoms with Crippen molar-refractivity contribution in [1.82, 2.24) is 19.8 Å². The molecule has 2 saturated heterocycles. The normalized spacial score (nSPS) is 27.6. The summed E-state index contributed by atoms with van der Waals surface area (Å²) in [7, 11) is 0. The first-order valence-electron chi connectivity index (χ1n) is 7.47. The molecular formula is C14H23N5O. The molecule has 3 rings (SSSR count). The molecule has 1 amide bonds. The van der Waals surface area contributed by atoms with Crippen molar-refractivity contribution in [1.29, 1.82) is 0 Å². The van der Waals surface area contributed by atoms with Crippen LogP contribution in [-0.4, -0.2) is 57.9 Å². The Balaban J connectivity index is 1.62. The summed E-state index contributed by atoms with van der Waals surface area (Å²) in [5.74, 6) is 0.884. The minimum Gasteiger partial charge on any atom is -0.347 e. The van der Waals surface area contributed by atoms with Crippen LogP contribution < -0.4 is 5.73 Å². The number of hydrogen-bond acceptors (Lipinski definition) is 4. The van der Waals surface area contributed by atoms with E-state index in [1.54, 1.807) is 6.33 Å². The second-order valence-electron chi connectivity index (χ2n) is 5.84. The number of aromatic nitrogens is 2. The predicted molar refractivity (Wildman–Crippen MR) is 75.8 cm³/mol. The van der Waals surface area contributed by atoms with Crippen LogP contribution in [0.3, 0.4) is 0 Å². The van der Waals surface area contributed by atoms with Gasteiger partial charge in [0.05, 0.1) is 6.33 Å². The summed E-state index contributed by atoms with van der Waals surface area (Å²) in [6, 6.07) is 0.401. The molecule has 0 spiro atoms. The van der Waals surface area contributed by atoms with E-state index in [0.717, 1.165) is 38.2 Å². The highest BCUT2D eigenvalue weighted by molar-refractivity contribution is 5.77. The summed E-state index contributed by atoms with van der Waals surface area (Å²) in [6.45, 7) is 4.30. The monoisotopic (exact) mass is 277 g/mol. The van der Waals surface area contributed by atoms with Crippen molar-refractivity contribution >= 4 is 5.91 Å². The fourth-order valence-electron chi connectivity index (χ4n) is 3.61. The van der Waals surface area contributed by atoms with Crippen LogP contribution in [0.4, 0.5) is 0 Å². The molecule has 1 aromatic rings. The van der Waals surface area contributed by atoms with Crippen molar-refractivity contribution in [2.24, 2.45) is 11.7 Å². The Bertz CT molecular complexity index is 446. The van der Waals surface area contributed by atoms with Gasteiger partial charge in [-0.25, -0.2) is 4.98 Å². The van der Waals surface area contributed by atoms with Crippen molar-refractivity contribution < 1.29 is 4.79 Å². The predicted octanol–water partition coefficient (Wildman–Crippen LogP) is 0.181. The minimum absolute atomic E-state index is 0.290. The lowest BCUT2D eigenvalue weighted by Crippen LogP contribution is -2.56. The van der Waals surface area contributed by atoms with E-state index in [-0.39, 0.29) is 0 Å². The number of carbonyl (C=O) groups is 1. The van der Waals surface area contributed by atoms with Gasteiger partial charge in [0.2, 0.25) is 5.91 Å². The molecule has 0 unspecified atom stereocenters. The summed E-state index contributed by atoms with van der Waals surface area (Å²) >= 11 is 0. The van der Waals surface area contributed by atoms with E-state index in [0.29, 0.717) is 37.4 Å². The molecule has 0 aliphatic carbocycles. The molecule has 0 radical (unpaired) electrons. The lowest BCUT2D eigenvalue weighted by molar-refractivity contribution is -0.141. The maximum absolute atomic E-state index is 12.0. The van der Waals surface area contributed by atoms with Crippen LogP contribution in [0.5, 0.6) is 0 Å². The molecule has 2 aliphatic heterocycles. The van der Waals surface area contributed by atoms with Crippen LogP contribution in [0.25, 0.3) is 0 Å². The highest BCUT2D eigenvalue weighted by atomic mass is 16.2. The zero-order valence-corrected chi connectivity index (χ0v) is 11.8. The average molecular weight is 277 g/mol. The van der Waals surface area contributed by atoms with Gasteiger partial charge in [-0.1, -0.05) is 0 Å². The second-order valence-corrected chi connectivity index (χ2v) is 5.84. The molecule has 2 aliphatic rings. The Morgan fingerprint density at radius 2 is 2.35 bits per heavy atom. The third-order valence-electron chi connectivity index (χ3n) is 4.55. The smallest absolute Gasteiger partial charge is 0.222 e. The van der Waals surface area contributed by atoms with E-state index in [2.05, 4.69) is 14.9 Å². The Morgan fingerprint density at radius 1 is 1.45 bits per heavy atom. The molecule has 2 atom stereocenters. The SMILES string of the molecule is NCCN1C(=O)CC[C@H]2CN(Cc3cnc[nH]3)CC[C@H]21. The quantitative estimate of drug-likeness (QED) is 0.823. The van der Waals surface area contributed by atoms with Crippen molar-refractivity contribution in [3.63, 3.8) is 0 Å². The number of amides is 1. The number of nitrogens with zero attached hydrogens (tertiary/aromatic N) is 3. The molecular weight excluding hydrogens is 254 g/mol. The Morgan fingerprint density at radius 3 is 3.10 bits per heavy atom. The number of imidazole rings is 1. The lowest BCUT2D eigenvalue weighted by Gasteiger charge is -2.47. The van der Waals surface area contributed by atoms with Gasteiger partial charge in [-0.05, 0) is 18.8 Å². The van der Waals surface area contributed by atoms with E-state index in [4.69, 9.17) is 5.73 Å². The maximum Gasteiger partial charge on any atom is 0.222 e. The van der Waals surface area contributed by atoms with Crippen molar-refractivity contribution in [3.8, 4) is 0 Å². The van der Waals surface area contributed by atoms with Crippen molar-refractivity contribution in [3.05, 3.63) is 18.2 Å². The molecule has 20 heavy (non-hydrogen) atoms. The Kier molecular flexibility index (Phi) is 4.03. The van der Waals surface area contributed by atoms with Gasteiger partial charge in [-0.2, -0.15) is 0 Å². The first-order valence-corrected chi connectivity index (χ1v) is 7.47.